The van der Waals surface area contributed by atoms with Crippen molar-refractivity contribution in [3.63, 3.8) is 0 Å². The van der Waals surface area contributed by atoms with E-state index >= 15 is 0 Å². The Bertz CT molecular complexity index is 1470. The third-order valence-corrected chi connectivity index (χ3v) is 7.08. The lowest BCUT2D eigenvalue weighted by molar-refractivity contribution is 0.104. The topological polar surface area (TPSA) is 70.0 Å². The Labute approximate surface area is 220 Å². The van der Waals surface area contributed by atoms with Crippen LogP contribution in [-0.2, 0) is 0 Å². The first-order valence-electron chi connectivity index (χ1n) is 13.2. The second kappa shape index (κ2) is 11.1. The highest BCUT2D eigenvalue weighted by molar-refractivity contribution is 7.22. The van der Waals surface area contributed by atoms with Crippen LogP contribution in [0.25, 0.3) is 20.5 Å². The van der Waals surface area contributed by atoms with E-state index in [2.05, 4.69) is 0 Å². The van der Waals surface area contributed by atoms with Crippen LogP contribution >= 0.6 is 23.7 Å². The van der Waals surface area contributed by atoms with E-state index in [4.69, 9.17) is 10.2 Å². The first-order valence-corrected chi connectivity index (χ1v) is 12.0. The third kappa shape index (κ3) is 5.61. The number of nitrogens with zero attached hydrogens (tertiary/aromatic N) is 1. The SMILES string of the molecule is Cl.[2H]C([2H])(Oc1ccc(C(=O)c2c(-c3ccc(O)cc3)sc3cc(O)ccc23)cc1)C([2H])([2H])N1CCCCC1. The molecule has 35 heavy (non-hydrogen) atoms. The average Bonchev–Trinajstić information content (AvgIpc) is 3.27. The number of carbonyl (C=O) groups is 1. The second-order valence-corrected chi connectivity index (χ2v) is 9.30. The van der Waals surface area contributed by atoms with E-state index in [9.17, 15) is 15.0 Å². The van der Waals surface area contributed by atoms with E-state index in [0.29, 0.717) is 34.5 Å². The van der Waals surface area contributed by atoms with Gasteiger partial charge < -0.3 is 14.9 Å². The number of hydrogen-bond donors (Lipinski definition) is 2. The van der Waals surface area contributed by atoms with Crippen LogP contribution in [0.4, 0.5) is 0 Å². The molecule has 0 atom stereocenters. The molecule has 7 heteroatoms. The summed E-state index contributed by atoms with van der Waals surface area (Å²) in [5.74, 6) is 0.0604. The van der Waals surface area contributed by atoms with Gasteiger partial charge >= 0.3 is 0 Å². The summed E-state index contributed by atoms with van der Waals surface area (Å²) >= 11 is 1.36. The van der Waals surface area contributed by atoms with Crippen LogP contribution in [0.5, 0.6) is 17.2 Å². The maximum Gasteiger partial charge on any atom is 0.195 e. The van der Waals surface area contributed by atoms with E-state index in [0.717, 1.165) is 29.5 Å². The van der Waals surface area contributed by atoms with Gasteiger partial charge in [0.25, 0.3) is 0 Å². The van der Waals surface area contributed by atoms with Crippen molar-refractivity contribution in [1.29, 1.82) is 0 Å². The van der Waals surface area contributed by atoms with Crippen molar-refractivity contribution < 1.29 is 25.2 Å². The lowest BCUT2D eigenvalue weighted by atomic mass is 9.97. The molecule has 3 aromatic carbocycles. The first kappa shape index (κ1) is 20.2. The summed E-state index contributed by atoms with van der Waals surface area (Å²) in [7, 11) is 0. The van der Waals surface area contributed by atoms with Crippen LogP contribution in [0.1, 0.15) is 40.7 Å². The number of benzene rings is 3. The van der Waals surface area contributed by atoms with Crippen molar-refractivity contribution in [3.8, 4) is 27.7 Å². The average molecular weight is 514 g/mol. The Hall–Kier alpha value is -3.06. The second-order valence-electron chi connectivity index (χ2n) is 8.25. The summed E-state index contributed by atoms with van der Waals surface area (Å²) in [5.41, 5.74) is 1.56. The maximum absolute atomic E-state index is 13.7. The standard InChI is InChI=1S/C28H27NO4S.ClH/c30-21-8-4-20(5-9-21)28-26(24-13-10-22(31)18-25(24)34-28)27(32)19-6-11-23(12-7-19)33-17-16-29-14-2-1-3-15-29;/h4-13,18,30-31H,1-3,14-17H2;1H/i16D2,17D2;. The minimum Gasteiger partial charge on any atom is -0.508 e. The molecule has 1 aliphatic heterocycles. The molecule has 0 radical (unpaired) electrons. The molecule has 0 aliphatic carbocycles. The minimum atomic E-state index is -2.60. The summed E-state index contributed by atoms with van der Waals surface area (Å²) in [6.07, 6.45) is 2.63. The number of halogens is 1. The molecule has 2 N–H and O–H groups in total. The molecule has 4 aromatic rings. The Kier molecular flexibility index (Phi) is 6.41. The molecule has 0 amide bonds. The molecule has 5 rings (SSSR count). The van der Waals surface area contributed by atoms with Crippen LogP contribution in [0.15, 0.2) is 66.7 Å². The van der Waals surface area contributed by atoms with Gasteiger partial charge in [0.1, 0.15) is 23.8 Å². The van der Waals surface area contributed by atoms with Gasteiger partial charge in [0.2, 0.25) is 0 Å². The molecule has 2 heterocycles. The van der Waals surface area contributed by atoms with Crippen LogP contribution < -0.4 is 4.74 Å². The van der Waals surface area contributed by atoms with E-state index < -0.39 is 13.1 Å². The monoisotopic (exact) mass is 513 g/mol. The zero-order valence-electron chi connectivity index (χ0n) is 22.9. The molecule has 1 aliphatic rings. The van der Waals surface area contributed by atoms with E-state index in [-0.39, 0.29) is 35.4 Å². The summed E-state index contributed by atoms with van der Waals surface area (Å²) in [6.45, 7) is -3.98. The number of phenols is 2. The number of fused-ring (bicyclic) bond motifs is 1. The van der Waals surface area contributed by atoms with Gasteiger partial charge in [0.15, 0.2) is 5.78 Å². The third-order valence-electron chi connectivity index (χ3n) is 5.88. The largest absolute Gasteiger partial charge is 0.508 e. The van der Waals surface area contributed by atoms with E-state index in [1.165, 1.54) is 46.6 Å². The predicted octanol–water partition coefficient (Wildman–Crippen LogP) is 6.50. The molecule has 182 valence electrons. The van der Waals surface area contributed by atoms with Crippen molar-refractivity contribution in [1.82, 2.24) is 4.90 Å². The summed E-state index contributed by atoms with van der Waals surface area (Å²) in [5, 5.41) is 20.4. The molecule has 1 aromatic heterocycles. The number of piperidine rings is 1. The summed E-state index contributed by atoms with van der Waals surface area (Å²) < 4.78 is 39.7. The number of likely N-dealkylation sites (tertiary alicyclic amines) is 1. The Balaban J connectivity index is 0.00000353. The molecule has 1 saturated heterocycles. The fraction of sp³-hybridized carbons (Fsp3) is 0.250. The molecule has 0 spiro atoms. The molecule has 0 unspecified atom stereocenters. The number of aromatic hydroxyl groups is 2. The van der Waals surface area contributed by atoms with Gasteiger partial charge in [0.05, 0.1) is 2.74 Å². The van der Waals surface area contributed by atoms with Crippen molar-refractivity contribution in [3.05, 3.63) is 77.9 Å². The molecular formula is C28H28ClNO4S. The summed E-state index contributed by atoms with van der Waals surface area (Å²) in [4.78, 5) is 15.9. The van der Waals surface area contributed by atoms with Crippen LogP contribution in [0.3, 0.4) is 0 Å². The first-order chi connectivity index (χ1) is 18.1. The van der Waals surface area contributed by atoms with Gasteiger partial charge in [-0.3, -0.25) is 9.69 Å². The van der Waals surface area contributed by atoms with Gasteiger partial charge in [-0.15, -0.1) is 23.7 Å². The van der Waals surface area contributed by atoms with Crippen LogP contribution in [0.2, 0.25) is 0 Å². The zero-order valence-corrected chi connectivity index (χ0v) is 20.5. The number of phenolic OH excluding ortho intramolecular Hbond substituents is 2. The van der Waals surface area contributed by atoms with Gasteiger partial charge in [-0.1, -0.05) is 6.42 Å². The highest BCUT2D eigenvalue weighted by atomic mass is 35.5. The zero-order chi connectivity index (χ0) is 27.1. The predicted molar refractivity (Wildman–Crippen MR) is 143 cm³/mol. The molecule has 0 bridgehead atoms. The molecular weight excluding hydrogens is 482 g/mol. The van der Waals surface area contributed by atoms with Gasteiger partial charge in [0, 0.05) is 35.3 Å². The lowest BCUT2D eigenvalue weighted by Gasteiger charge is -2.26. The van der Waals surface area contributed by atoms with Crippen LogP contribution in [0, 0.1) is 0 Å². The highest BCUT2D eigenvalue weighted by Gasteiger charge is 2.22. The number of carbonyl (C=O) groups excluding carboxylic acids is 1. The fourth-order valence-electron chi connectivity index (χ4n) is 4.10. The van der Waals surface area contributed by atoms with Gasteiger partial charge in [-0.25, -0.2) is 0 Å². The molecule has 1 fully saturated rings. The number of thiophene rings is 1. The number of rotatable bonds is 7. The van der Waals surface area contributed by atoms with Crippen molar-refractivity contribution >= 4 is 39.6 Å². The van der Waals surface area contributed by atoms with Gasteiger partial charge in [-0.05, 0) is 98.2 Å². The van der Waals surface area contributed by atoms with Crippen LogP contribution in [-0.4, -0.2) is 47.0 Å². The number of ketones is 1. The molecule has 0 saturated carbocycles. The normalized spacial score (nSPS) is 16.5. The Morgan fingerprint density at radius 2 is 1.63 bits per heavy atom. The maximum atomic E-state index is 13.7. The van der Waals surface area contributed by atoms with E-state index in [1.54, 1.807) is 36.4 Å². The van der Waals surface area contributed by atoms with E-state index in [1.807, 2.05) is 0 Å². The number of hydrogen-bond acceptors (Lipinski definition) is 6. The summed E-state index contributed by atoms with van der Waals surface area (Å²) in [6, 6.07) is 17.4. The number of ether oxygens (including phenoxy) is 1. The Morgan fingerprint density at radius 3 is 2.34 bits per heavy atom. The lowest BCUT2D eigenvalue weighted by Crippen LogP contribution is -2.33. The molecule has 5 nitrogen and oxygen atoms in total. The minimum absolute atomic E-state index is 0. The Morgan fingerprint density at radius 1 is 0.943 bits per heavy atom. The quantitative estimate of drug-likeness (QED) is 0.276. The fourth-order valence-corrected chi connectivity index (χ4v) is 5.34. The van der Waals surface area contributed by atoms with Crippen molar-refractivity contribution in [2.75, 3.05) is 26.1 Å². The smallest absolute Gasteiger partial charge is 0.195 e. The van der Waals surface area contributed by atoms with Crippen molar-refractivity contribution in [2.45, 2.75) is 19.3 Å². The van der Waals surface area contributed by atoms with Crippen molar-refractivity contribution in [2.24, 2.45) is 0 Å². The van der Waals surface area contributed by atoms with Gasteiger partial charge in [-0.2, -0.15) is 0 Å². The highest BCUT2D eigenvalue weighted by Crippen LogP contribution is 2.41.